The predicted molar refractivity (Wildman–Crippen MR) is 79.9 cm³/mol. The number of thiophene rings is 1. The van der Waals surface area contributed by atoms with Crippen LogP contribution < -0.4 is 0 Å². The number of carbonyl (C=O) groups is 1. The molecule has 6 heteroatoms. The first-order valence-electron chi connectivity index (χ1n) is 5.56. The number of fused-ring (bicyclic) bond motifs is 1. The van der Waals surface area contributed by atoms with Gasteiger partial charge in [0.1, 0.15) is 0 Å². The van der Waals surface area contributed by atoms with Gasteiger partial charge in [0.05, 0.1) is 9.62 Å². The van der Waals surface area contributed by atoms with E-state index in [1.165, 1.54) is 17.6 Å². The molecule has 1 aromatic heterocycles. The summed E-state index contributed by atoms with van der Waals surface area (Å²) >= 11 is 6.75. The maximum absolute atomic E-state index is 11.8. The van der Waals surface area contributed by atoms with Crippen molar-refractivity contribution in [1.29, 1.82) is 0 Å². The third kappa shape index (κ3) is 2.55. The van der Waals surface area contributed by atoms with Gasteiger partial charge in [0.25, 0.3) is 5.24 Å². The first-order chi connectivity index (χ1) is 8.63. The first kappa shape index (κ1) is 14.5. The van der Waals surface area contributed by atoms with Crippen molar-refractivity contribution in [2.24, 2.45) is 0 Å². The molecule has 0 saturated heterocycles. The molecule has 2 aromatic rings. The van der Waals surface area contributed by atoms with E-state index in [4.69, 9.17) is 11.6 Å². The van der Waals surface area contributed by atoms with E-state index in [-0.39, 0.29) is 0 Å². The van der Waals surface area contributed by atoms with Crippen LogP contribution in [0.15, 0.2) is 24.3 Å². The van der Waals surface area contributed by atoms with Crippen LogP contribution in [0.5, 0.6) is 0 Å². The van der Waals surface area contributed by atoms with Crippen LogP contribution in [0.2, 0.25) is 0 Å². The molecule has 1 aromatic carbocycles. The third-order valence-electron chi connectivity index (χ3n) is 3.33. The van der Waals surface area contributed by atoms with Crippen LogP contribution in [0, 0.1) is 0 Å². The second-order valence-electron chi connectivity index (χ2n) is 4.92. The Morgan fingerprint density at radius 1 is 1.26 bits per heavy atom. The summed E-state index contributed by atoms with van der Waals surface area (Å²) in [6.07, 6.45) is 1.22. The Hall–Kier alpha value is -0.910. The summed E-state index contributed by atoms with van der Waals surface area (Å²) in [5.41, 5.74) is 0.703. The number of benzene rings is 1. The fourth-order valence-electron chi connectivity index (χ4n) is 1.73. The normalized spacial score (nSPS) is 12.8. The van der Waals surface area contributed by atoms with Crippen LogP contribution in [-0.2, 0) is 14.6 Å². The van der Waals surface area contributed by atoms with Crippen molar-refractivity contribution >= 4 is 48.1 Å². The minimum absolute atomic E-state index is 0.464. The van der Waals surface area contributed by atoms with E-state index in [0.29, 0.717) is 10.4 Å². The molecule has 0 saturated carbocycles. The van der Waals surface area contributed by atoms with Crippen LogP contribution >= 0.6 is 22.9 Å². The zero-order valence-corrected chi connectivity index (χ0v) is 13.1. The molecule has 2 rings (SSSR count). The Kier molecular flexibility index (Phi) is 3.49. The number of sulfone groups is 1. The average molecular weight is 317 g/mol. The highest BCUT2D eigenvalue weighted by molar-refractivity contribution is 7.91. The van der Waals surface area contributed by atoms with Crippen molar-refractivity contribution in [1.82, 2.24) is 0 Å². The van der Waals surface area contributed by atoms with Crippen molar-refractivity contribution in [2.75, 3.05) is 6.26 Å². The molecule has 3 nitrogen and oxygen atoms in total. The first-order valence-corrected chi connectivity index (χ1v) is 8.65. The minimum Gasteiger partial charge on any atom is -0.275 e. The molecule has 0 aliphatic carbocycles. The van der Waals surface area contributed by atoms with Crippen LogP contribution in [0.1, 0.15) is 29.1 Å². The van der Waals surface area contributed by atoms with Gasteiger partial charge in [-0.05, 0) is 54.6 Å². The lowest BCUT2D eigenvalue weighted by molar-refractivity contribution is 0.108. The number of hydrogen-bond donors (Lipinski definition) is 0. The van der Waals surface area contributed by atoms with Gasteiger partial charge in [0.2, 0.25) is 0 Å². The van der Waals surface area contributed by atoms with Gasteiger partial charge in [0.15, 0.2) is 9.84 Å². The third-order valence-corrected chi connectivity index (χ3v) is 6.85. The molecule has 0 atom stereocenters. The van der Waals surface area contributed by atoms with Crippen molar-refractivity contribution in [2.45, 2.75) is 18.6 Å². The Morgan fingerprint density at radius 2 is 1.89 bits per heavy atom. The predicted octanol–water partition coefficient (Wildman–Crippen LogP) is 3.56. The van der Waals surface area contributed by atoms with Gasteiger partial charge in [-0.1, -0.05) is 6.07 Å². The SMILES string of the molecule is CC(C)(c1ccc2sc(C(=O)Cl)cc2c1)S(C)(=O)=O. The Bertz CT molecular complexity index is 757. The quantitative estimate of drug-likeness (QED) is 0.814. The Balaban J connectivity index is 2.62. The molecule has 0 aliphatic heterocycles. The maximum Gasteiger partial charge on any atom is 0.262 e. The Labute approximate surface area is 121 Å². The molecule has 0 N–H and O–H groups in total. The van der Waals surface area contributed by atoms with E-state index in [1.807, 2.05) is 6.07 Å². The largest absolute Gasteiger partial charge is 0.275 e. The fourth-order valence-corrected chi connectivity index (χ4v) is 3.33. The number of hydrogen-bond acceptors (Lipinski definition) is 4. The lowest BCUT2D eigenvalue weighted by atomic mass is 10.0. The highest BCUT2D eigenvalue weighted by Crippen LogP contribution is 2.34. The topological polar surface area (TPSA) is 51.2 Å². The molecule has 0 spiro atoms. The van der Waals surface area contributed by atoms with Gasteiger partial charge < -0.3 is 0 Å². The summed E-state index contributed by atoms with van der Waals surface area (Å²) in [6.45, 7) is 3.34. The standard InChI is InChI=1S/C13H13ClO3S2/c1-13(2,19(3,16)17)9-4-5-10-8(6-9)7-11(18-10)12(14)15/h4-7H,1-3H3. The van der Waals surface area contributed by atoms with Gasteiger partial charge in [-0.25, -0.2) is 8.42 Å². The van der Waals surface area contributed by atoms with Crippen molar-refractivity contribution in [3.05, 3.63) is 34.7 Å². The van der Waals surface area contributed by atoms with Gasteiger partial charge >= 0.3 is 0 Å². The molecule has 0 unspecified atom stereocenters. The lowest BCUT2D eigenvalue weighted by Crippen LogP contribution is -2.27. The Morgan fingerprint density at radius 3 is 2.42 bits per heavy atom. The van der Waals surface area contributed by atoms with Crippen molar-refractivity contribution in [3.63, 3.8) is 0 Å². The fraction of sp³-hybridized carbons (Fsp3) is 0.308. The van der Waals surface area contributed by atoms with Crippen LogP contribution in [0.25, 0.3) is 10.1 Å². The summed E-state index contributed by atoms with van der Waals surface area (Å²) in [5, 5.41) is 0.341. The smallest absolute Gasteiger partial charge is 0.262 e. The molecule has 0 radical (unpaired) electrons. The molecule has 0 bridgehead atoms. The van der Waals surface area contributed by atoms with Gasteiger partial charge in [-0.3, -0.25) is 4.79 Å². The van der Waals surface area contributed by atoms with Gasteiger partial charge in [0, 0.05) is 11.0 Å². The second kappa shape index (κ2) is 4.58. The minimum atomic E-state index is -3.22. The number of halogens is 1. The zero-order valence-electron chi connectivity index (χ0n) is 10.7. The number of carbonyl (C=O) groups excluding carboxylic acids is 1. The monoisotopic (exact) mass is 316 g/mol. The molecule has 0 fully saturated rings. The summed E-state index contributed by atoms with van der Waals surface area (Å²) in [6, 6.07) is 7.10. The van der Waals surface area contributed by atoms with E-state index < -0.39 is 19.8 Å². The van der Waals surface area contributed by atoms with Crippen LogP contribution in [0.3, 0.4) is 0 Å². The van der Waals surface area contributed by atoms with Crippen molar-refractivity contribution < 1.29 is 13.2 Å². The van der Waals surface area contributed by atoms with Crippen LogP contribution in [0.4, 0.5) is 0 Å². The summed E-state index contributed by atoms with van der Waals surface area (Å²) < 4.78 is 23.6. The molecule has 0 amide bonds. The average Bonchev–Trinajstić information content (AvgIpc) is 2.69. The number of rotatable bonds is 3. The zero-order chi connectivity index (χ0) is 14.4. The van der Waals surface area contributed by atoms with E-state index in [9.17, 15) is 13.2 Å². The van der Waals surface area contributed by atoms with Gasteiger partial charge in [-0.2, -0.15) is 0 Å². The molecular weight excluding hydrogens is 304 g/mol. The molecule has 1 heterocycles. The highest BCUT2D eigenvalue weighted by Gasteiger charge is 2.32. The lowest BCUT2D eigenvalue weighted by Gasteiger charge is -2.23. The molecular formula is C13H13ClO3S2. The van der Waals surface area contributed by atoms with E-state index >= 15 is 0 Å². The van der Waals surface area contributed by atoms with E-state index in [0.717, 1.165) is 10.1 Å². The summed E-state index contributed by atoms with van der Waals surface area (Å²) in [4.78, 5) is 11.6. The molecule has 19 heavy (non-hydrogen) atoms. The maximum atomic E-state index is 11.8. The molecule has 102 valence electrons. The van der Waals surface area contributed by atoms with E-state index in [2.05, 4.69) is 0 Å². The van der Waals surface area contributed by atoms with Crippen molar-refractivity contribution in [3.8, 4) is 0 Å². The molecule has 0 aliphatic rings. The second-order valence-corrected chi connectivity index (χ2v) is 8.91. The highest BCUT2D eigenvalue weighted by atomic mass is 35.5. The summed E-state index contributed by atoms with van der Waals surface area (Å²) in [5.74, 6) is 0. The van der Waals surface area contributed by atoms with Gasteiger partial charge in [-0.15, -0.1) is 11.3 Å². The van der Waals surface area contributed by atoms with Crippen LogP contribution in [-0.4, -0.2) is 19.9 Å². The van der Waals surface area contributed by atoms with E-state index in [1.54, 1.807) is 32.0 Å². The summed E-state index contributed by atoms with van der Waals surface area (Å²) in [7, 11) is -3.22.